The molecule has 20 heavy (non-hydrogen) atoms. The van der Waals surface area contributed by atoms with Crippen molar-refractivity contribution in [2.45, 2.75) is 5.37 Å². The van der Waals surface area contributed by atoms with Crippen LogP contribution in [0.3, 0.4) is 0 Å². The molecule has 0 spiro atoms. The molecule has 10 heteroatoms. The van der Waals surface area contributed by atoms with Crippen LogP contribution in [0.2, 0.25) is 0 Å². The van der Waals surface area contributed by atoms with Crippen LogP contribution < -0.4 is 10.6 Å². The number of sulfone groups is 1. The van der Waals surface area contributed by atoms with E-state index in [1.165, 1.54) is 17.8 Å². The third-order valence-corrected chi connectivity index (χ3v) is 5.54. The highest BCUT2D eigenvalue weighted by Crippen LogP contribution is 2.28. The molecule has 0 aromatic carbocycles. The van der Waals surface area contributed by atoms with Gasteiger partial charge in [0.2, 0.25) is 0 Å². The van der Waals surface area contributed by atoms with Crippen molar-refractivity contribution in [3.63, 3.8) is 0 Å². The fraction of sp³-hybridized carbons (Fsp3) is 0.500. The Bertz CT molecular complexity index is 634. The van der Waals surface area contributed by atoms with Gasteiger partial charge in [0.1, 0.15) is 17.0 Å². The van der Waals surface area contributed by atoms with Gasteiger partial charge < -0.3 is 10.6 Å². The predicted octanol–water partition coefficient (Wildman–Crippen LogP) is 0.496. The van der Waals surface area contributed by atoms with Crippen molar-refractivity contribution in [1.29, 1.82) is 0 Å². The smallest absolute Gasteiger partial charge is 0.276 e. The minimum absolute atomic E-state index is 0.000299. The molecule has 2 N–H and O–H groups in total. The number of pyridine rings is 1. The number of nitrogen functional groups attached to an aromatic ring is 1. The number of hydrogen-bond acceptors (Lipinski definition) is 8. The molecule has 1 aliphatic rings. The monoisotopic (exact) mass is 318 g/mol. The number of aromatic nitrogens is 1. The van der Waals surface area contributed by atoms with E-state index in [1.807, 2.05) is 0 Å². The molecule has 2 rings (SSSR count). The van der Waals surface area contributed by atoms with Gasteiger partial charge in [-0.05, 0) is 0 Å². The van der Waals surface area contributed by atoms with Crippen LogP contribution in [-0.4, -0.2) is 48.0 Å². The lowest BCUT2D eigenvalue weighted by molar-refractivity contribution is -0.384. The summed E-state index contributed by atoms with van der Waals surface area (Å²) in [6.07, 6.45) is 1.15. The molecule has 0 amide bonds. The van der Waals surface area contributed by atoms with Crippen molar-refractivity contribution in [2.75, 3.05) is 34.9 Å². The molecule has 1 unspecified atom stereocenters. The lowest BCUT2D eigenvalue weighted by Gasteiger charge is -2.34. The maximum absolute atomic E-state index is 11.8. The number of rotatable bonds is 3. The Kier molecular flexibility index (Phi) is 4.04. The van der Waals surface area contributed by atoms with E-state index in [-0.39, 0.29) is 17.3 Å². The highest BCUT2D eigenvalue weighted by molar-refractivity contribution is 8.01. The summed E-state index contributed by atoms with van der Waals surface area (Å²) < 4.78 is 23.7. The van der Waals surface area contributed by atoms with Crippen LogP contribution in [0, 0.1) is 10.1 Å². The molecule has 0 aliphatic carbocycles. The summed E-state index contributed by atoms with van der Waals surface area (Å²) in [7, 11) is -3.31. The van der Waals surface area contributed by atoms with Crippen LogP contribution in [0.5, 0.6) is 0 Å². The quantitative estimate of drug-likeness (QED) is 0.632. The lowest BCUT2D eigenvalue weighted by atomic mass is 10.3. The summed E-state index contributed by atoms with van der Waals surface area (Å²) in [6.45, 7) is 0.454. The van der Waals surface area contributed by atoms with E-state index in [0.29, 0.717) is 12.3 Å². The van der Waals surface area contributed by atoms with E-state index >= 15 is 0 Å². The molecule has 0 bridgehead atoms. The first-order valence-corrected chi connectivity index (χ1v) is 8.85. The summed E-state index contributed by atoms with van der Waals surface area (Å²) >= 11 is 1.53. The van der Waals surface area contributed by atoms with Gasteiger partial charge >= 0.3 is 0 Å². The van der Waals surface area contributed by atoms with Crippen molar-refractivity contribution < 1.29 is 13.3 Å². The van der Waals surface area contributed by atoms with Gasteiger partial charge in [-0.3, -0.25) is 10.1 Å². The predicted molar refractivity (Wildman–Crippen MR) is 78.6 cm³/mol. The number of nitrogens with two attached hydrogens (primary N) is 1. The molecule has 8 nitrogen and oxygen atoms in total. The van der Waals surface area contributed by atoms with Crippen molar-refractivity contribution in [1.82, 2.24) is 4.98 Å². The molecular weight excluding hydrogens is 304 g/mol. The van der Waals surface area contributed by atoms with Crippen LogP contribution in [-0.2, 0) is 9.84 Å². The van der Waals surface area contributed by atoms with E-state index in [2.05, 4.69) is 4.98 Å². The Balaban J connectivity index is 2.45. The van der Waals surface area contributed by atoms with Crippen molar-refractivity contribution in [3.8, 4) is 0 Å². The Morgan fingerprint density at radius 2 is 2.25 bits per heavy atom. The highest BCUT2D eigenvalue weighted by atomic mass is 32.2. The topological polar surface area (TPSA) is 119 Å². The summed E-state index contributed by atoms with van der Waals surface area (Å²) in [6, 6.07) is 2.40. The number of nitro groups is 1. The zero-order valence-electron chi connectivity index (χ0n) is 10.7. The zero-order valence-corrected chi connectivity index (χ0v) is 12.4. The van der Waals surface area contributed by atoms with Crippen molar-refractivity contribution in [2.24, 2.45) is 0 Å². The lowest BCUT2D eigenvalue weighted by Crippen LogP contribution is -2.47. The van der Waals surface area contributed by atoms with Gasteiger partial charge in [-0.25, -0.2) is 13.4 Å². The number of nitrogens with zero attached hydrogens (tertiary/aromatic N) is 3. The van der Waals surface area contributed by atoms with Gasteiger partial charge in [-0.2, -0.15) is 11.8 Å². The highest BCUT2D eigenvalue weighted by Gasteiger charge is 2.32. The van der Waals surface area contributed by atoms with Gasteiger partial charge in [0.15, 0.2) is 9.84 Å². The summed E-state index contributed by atoms with van der Waals surface area (Å²) in [5.74, 6) is 1.37. The molecule has 1 saturated heterocycles. The fourth-order valence-corrected chi connectivity index (χ4v) is 4.80. The van der Waals surface area contributed by atoms with Crippen LogP contribution in [0.1, 0.15) is 0 Å². The van der Waals surface area contributed by atoms with E-state index in [0.717, 1.165) is 18.1 Å². The molecule has 0 saturated carbocycles. The first kappa shape index (κ1) is 14.9. The normalized spacial score (nSPS) is 19.9. The average Bonchev–Trinajstić information content (AvgIpc) is 2.37. The van der Waals surface area contributed by atoms with Gasteiger partial charge in [-0.15, -0.1) is 0 Å². The third kappa shape index (κ3) is 3.12. The molecule has 110 valence electrons. The molecule has 1 aromatic rings. The molecule has 1 fully saturated rings. The Morgan fingerprint density at radius 3 is 2.85 bits per heavy atom. The largest absolute Gasteiger partial charge is 0.383 e. The van der Waals surface area contributed by atoms with Gasteiger partial charge in [0, 0.05) is 24.3 Å². The summed E-state index contributed by atoms with van der Waals surface area (Å²) in [5.41, 5.74) is 5.37. The zero-order chi connectivity index (χ0) is 14.9. The second-order valence-electron chi connectivity index (χ2n) is 4.42. The Hall–Kier alpha value is -1.55. The first-order chi connectivity index (χ1) is 9.29. The van der Waals surface area contributed by atoms with Crippen molar-refractivity contribution >= 4 is 38.9 Å². The molecule has 1 aliphatic heterocycles. The summed E-state index contributed by atoms with van der Waals surface area (Å²) in [5, 5.41) is 10.1. The number of anilines is 2. The van der Waals surface area contributed by atoms with Crippen LogP contribution in [0.25, 0.3) is 0 Å². The fourth-order valence-electron chi connectivity index (χ4n) is 1.97. The molecule has 1 atom stereocenters. The SMILES string of the molecule is CS(=O)(=O)C1CSCCN1c1cc([N+](=O)[O-])cc(N)n1. The second kappa shape index (κ2) is 5.44. The maximum Gasteiger partial charge on any atom is 0.276 e. The summed E-state index contributed by atoms with van der Waals surface area (Å²) in [4.78, 5) is 15.9. The number of hydrogen-bond donors (Lipinski definition) is 1. The average molecular weight is 318 g/mol. The second-order valence-corrected chi connectivity index (χ2v) is 7.77. The van der Waals surface area contributed by atoms with Crippen LogP contribution >= 0.6 is 11.8 Å². The minimum atomic E-state index is -3.31. The number of thioether (sulfide) groups is 1. The molecule has 0 radical (unpaired) electrons. The van der Waals surface area contributed by atoms with Crippen LogP contribution in [0.15, 0.2) is 12.1 Å². The molecule has 1 aromatic heterocycles. The van der Waals surface area contributed by atoms with Gasteiger partial charge in [0.25, 0.3) is 5.69 Å². The maximum atomic E-state index is 11.8. The van der Waals surface area contributed by atoms with Gasteiger partial charge in [-0.1, -0.05) is 0 Å². The molecule has 2 heterocycles. The van der Waals surface area contributed by atoms with E-state index < -0.39 is 20.1 Å². The molecular formula is C10H14N4O4S2. The Morgan fingerprint density at radius 1 is 1.55 bits per heavy atom. The first-order valence-electron chi connectivity index (χ1n) is 5.74. The van der Waals surface area contributed by atoms with Crippen LogP contribution in [0.4, 0.5) is 17.3 Å². The van der Waals surface area contributed by atoms with Crippen molar-refractivity contribution in [3.05, 3.63) is 22.2 Å². The standard InChI is InChI=1S/C10H14N4O4S2/c1-20(17,18)10-6-19-3-2-13(10)9-5-7(14(15)16)4-8(11)12-9/h4-5,10H,2-3,6H2,1H3,(H2,11,12). The minimum Gasteiger partial charge on any atom is -0.383 e. The van der Waals surface area contributed by atoms with Gasteiger partial charge in [0.05, 0.1) is 17.1 Å². The van der Waals surface area contributed by atoms with E-state index in [1.54, 1.807) is 4.90 Å². The van der Waals surface area contributed by atoms with E-state index in [4.69, 9.17) is 5.73 Å². The third-order valence-electron chi connectivity index (χ3n) is 2.90. The Labute approximate surface area is 120 Å². The van der Waals surface area contributed by atoms with E-state index in [9.17, 15) is 18.5 Å².